The molecule has 0 aliphatic carbocycles. The largest absolute Gasteiger partial charge is 0.363 e. The Morgan fingerprint density at radius 1 is 1.19 bits per heavy atom. The number of H-pyrrole nitrogens is 1. The van der Waals surface area contributed by atoms with E-state index in [1.165, 1.54) is 6.20 Å². The molecule has 2 amide bonds. The second-order valence-corrected chi connectivity index (χ2v) is 5.70. The first kappa shape index (κ1) is 17.4. The Morgan fingerprint density at radius 3 is 2.69 bits per heavy atom. The van der Waals surface area contributed by atoms with Gasteiger partial charge in [0.2, 0.25) is 5.78 Å². The van der Waals surface area contributed by atoms with Crippen LogP contribution in [0.1, 0.15) is 16.3 Å². The average Bonchev–Trinajstić information content (AvgIpc) is 3.32. The SMILES string of the molecule is NC(=O)C(=O)C(Cc1ncc[nH]1)NC(=O)c1nsnc1-c1ccccn1. The van der Waals surface area contributed by atoms with Crippen molar-refractivity contribution in [3.8, 4) is 11.4 Å². The maximum atomic E-state index is 12.6. The van der Waals surface area contributed by atoms with E-state index in [4.69, 9.17) is 5.73 Å². The topological polar surface area (TPSA) is 157 Å². The first-order valence-corrected chi connectivity index (χ1v) is 8.16. The summed E-state index contributed by atoms with van der Waals surface area (Å²) in [5.41, 5.74) is 5.84. The summed E-state index contributed by atoms with van der Waals surface area (Å²) in [6.45, 7) is 0. The first-order chi connectivity index (χ1) is 12.6. The number of carbonyl (C=O) groups is 3. The predicted octanol–water partition coefficient (Wildman–Crippen LogP) is -0.281. The predicted molar refractivity (Wildman–Crippen MR) is 90.9 cm³/mol. The zero-order chi connectivity index (χ0) is 18.5. The summed E-state index contributed by atoms with van der Waals surface area (Å²) in [5.74, 6) is -2.32. The summed E-state index contributed by atoms with van der Waals surface area (Å²) in [5, 5.41) is 2.48. The van der Waals surface area contributed by atoms with Crippen LogP contribution < -0.4 is 11.1 Å². The average molecular weight is 371 g/mol. The van der Waals surface area contributed by atoms with Crippen LogP contribution in [0.3, 0.4) is 0 Å². The number of rotatable bonds is 7. The van der Waals surface area contributed by atoms with E-state index in [1.807, 2.05) is 0 Å². The zero-order valence-corrected chi connectivity index (χ0v) is 14.1. The Morgan fingerprint density at radius 2 is 2.04 bits per heavy atom. The van der Waals surface area contributed by atoms with E-state index in [2.05, 4.69) is 29.0 Å². The lowest BCUT2D eigenvalue weighted by Crippen LogP contribution is -2.47. The molecule has 0 aliphatic rings. The fourth-order valence-electron chi connectivity index (χ4n) is 2.22. The number of amides is 2. The third-order valence-electron chi connectivity index (χ3n) is 3.43. The number of nitrogens with zero attached hydrogens (tertiary/aromatic N) is 4. The van der Waals surface area contributed by atoms with Crippen molar-refractivity contribution in [2.24, 2.45) is 5.73 Å². The molecule has 3 aromatic heterocycles. The number of nitrogens with two attached hydrogens (primary N) is 1. The molecule has 3 heterocycles. The summed E-state index contributed by atoms with van der Waals surface area (Å²) in [6, 6.07) is 3.99. The minimum Gasteiger partial charge on any atom is -0.363 e. The van der Waals surface area contributed by atoms with E-state index in [-0.39, 0.29) is 17.8 Å². The number of aromatic nitrogens is 5. The number of aromatic amines is 1. The third-order valence-corrected chi connectivity index (χ3v) is 3.96. The Bertz CT molecular complexity index is 924. The highest BCUT2D eigenvalue weighted by atomic mass is 32.1. The maximum Gasteiger partial charge on any atom is 0.287 e. The molecular formula is C15H13N7O3S. The van der Waals surface area contributed by atoms with Crippen LogP contribution in [0.4, 0.5) is 0 Å². The molecule has 1 unspecified atom stereocenters. The van der Waals surface area contributed by atoms with Gasteiger partial charge in [-0.25, -0.2) is 4.98 Å². The van der Waals surface area contributed by atoms with Crippen LogP contribution in [0, 0.1) is 0 Å². The van der Waals surface area contributed by atoms with Crippen molar-refractivity contribution in [1.29, 1.82) is 0 Å². The van der Waals surface area contributed by atoms with Gasteiger partial charge in [0.25, 0.3) is 11.8 Å². The molecular weight excluding hydrogens is 358 g/mol. The van der Waals surface area contributed by atoms with E-state index in [0.29, 0.717) is 11.5 Å². The summed E-state index contributed by atoms with van der Waals surface area (Å²) >= 11 is 0.841. The molecule has 3 rings (SSSR count). The summed E-state index contributed by atoms with van der Waals surface area (Å²) < 4.78 is 8.06. The quantitative estimate of drug-likeness (QED) is 0.482. The van der Waals surface area contributed by atoms with Crippen molar-refractivity contribution in [1.82, 2.24) is 29.0 Å². The van der Waals surface area contributed by atoms with Gasteiger partial charge in [-0.1, -0.05) is 6.07 Å². The molecule has 10 nitrogen and oxygen atoms in total. The van der Waals surface area contributed by atoms with Crippen molar-refractivity contribution in [3.63, 3.8) is 0 Å². The standard InChI is InChI=1S/C15H13N7O3S/c16-14(24)13(23)9(7-10-18-5-6-19-10)20-15(25)12-11(21-26-22-12)8-3-1-2-4-17-8/h1-6,9H,7H2,(H2,16,24)(H,18,19)(H,20,25). The number of Topliss-reactive ketones (excluding diaryl/α,β-unsaturated/α-hetero) is 1. The number of ketones is 1. The van der Waals surface area contributed by atoms with Gasteiger partial charge in [0, 0.05) is 25.0 Å². The van der Waals surface area contributed by atoms with Crippen LogP contribution in [0.25, 0.3) is 11.4 Å². The molecule has 26 heavy (non-hydrogen) atoms. The minimum absolute atomic E-state index is 0.00964. The van der Waals surface area contributed by atoms with Crippen LogP contribution in [0.15, 0.2) is 36.8 Å². The highest BCUT2D eigenvalue weighted by Crippen LogP contribution is 2.19. The van der Waals surface area contributed by atoms with E-state index in [0.717, 1.165) is 11.7 Å². The van der Waals surface area contributed by atoms with Crippen LogP contribution in [-0.2, 0) is 16.0 Å². The van der Waals surface area contributed by atoms with Crippen molar-refractivity contribution >= 4 is 29.3 Å². The highest BCUT2D eigenvalue weighted by molar-refractivity contribution is 6.99. The van der Waals surface area contributed by atoms with Crippen LogP contribution in [-0.4, -0.2) is 47.3 Å². The second kappa shape index (κ2) is 7.61. The number of pyridine rings is 1. The molecule has 0 aliphatic heterocycles. The van der Waals surface area contributed by atoms with Gasteiger partial charge in [-0.05, 0) is 12.1 Å². The normalized spacial score (nSPS) is 11.7. The van der Waals surface area contributed by atoms with Gasteiger partial charge in [0.05, 0.1) is 17.4 Å². The van der Waals surface area contributed by atoms with Crippen molar-refractivity contribution in [3.05, 3.63) is 48.3 Å². The number of hydrogen-bond donors (Lipinski definition) is 3. The van der Waals surface area contributed by atoms with E-state index < -0.39 is 23.6 Å². The molecule has 0 bridgehead atoms. The molecule has 4 N–H and O–H groups in total. The summed E-state index contributed by atoms with van der Waals surface area (Å²) in [6.07, 6.45) is 4.60. The van der Waals surface area contributed by atoms with E-state index >= 15 is 0 Å². The van der Waals surface area contributed by atoms with Gasteiger partial charge < -0.3 is 16.0 Å². The molecule has 11 heteroatoms. The lowest BCUT2D eigenvalue weighted by atomic mass is 10.1. The molecule has 0 fully saturated rings. The van der Waals surface area contributed by atoms with Gasteiger partial charge in [-0.15, -0.1) is 0 Å². The lowest BCUT2D eigenvalue weighted by Gasteiger charge is -2.14. The van der Waals surface area contributed by atoms with Crippen molar-refractivity contribution in [2.45, 2.75) is 12.5 Å². The maximum absolute atomic E-state index is 12.6. The fraction of sp³-hybridized carbons (Fsp3) is 0.133. The Hall–Kier alpha value is -3.47. The number of imidazole rings is 1. The summed E-state index contributed by atoms with van der Waals surface area (Å²) in [7, 11) is 0. The van der Waals surface area contributed by atoms with Gasteiger partial charge in [-0.3, -0.25) is 19.4 Å². The third kappa shape index (κ3) is 3.78. The molecule has 132 valence electrons. The van der Waals surface area contributed by atoms with Crippen LogP contribution in [0.5, 0.6) is 0 Å². The second-order valence-electron chi connectivity index (χ2n) is 5.17. The Labute approximate surface area is 151 Å². The zero-order valence-electron chi connectivity index (χ0n) is 13.2. The molecule has 0 aromatic carbocycles. The number of primary amides is 1. The van der Waals surface area contributed by atoms with E-state index in [9.17, 15) is 14.4 Å². The molecule has 0 saturated heterocycles. The molecule has 0 spiro atoms. The number of nitrogens with one attached hydrogen (secondary N) is 2. The monoisotopic (exact) mass is 371 g/mol. The number of carbonyl (C=O) groups excluding carboxylic acids is 3. The summed E-state index contributed by atoms with van der Waals surface area (Å²) in [4.78, 5) is 46.9. The molecule has 0 radical (unpaired) electrons. The molecule has 0 saturated carbocycles. The molecule has 1 atom stereocenters. The van der Waals surface area contributed by atoms with Gasteiger partial charge in [-0.2, -0.15) is 8.75 Å². The Balaban J connectivity index is 1.83. The van der Waals surface area contributed by atoms with Gasteiger partial charge in [0.15, 0.2) is 5.69 Å². The van der Waals surface area contributed by atoms with Gasteiger partial charge >= 0.3 is 0 Å². The highest BCUT2D eigenvalue weighted by Gasteiger charge is 2.29. The minimum atomic E-state index is -1.18. The molecule has 3 aromatic rings. The Kier molecular flexibility index (Phi) is 5.08. The smallest absolute Gasteiger partial charge is 0.287 e. The lowest BCUT2D eigenvalue weighted by molar-refractivity contribution is -0.137. The first-order valence-electron chi connectivity index (χ1n) is 7.43. The van der Waals surface area contributed by atoms with E-state index in [1.54, 1.807) is 30.6 Å². The number of hydrogen-bond acceptors (Lipinski definition) is 8. The van der Waals surface area contributed by atoms with Crippen LogP contribution in [0.2, 0.25) is 0 Å². The fourth-order valence-corrected chi connectivity index (χ4v) is 2.77. The van der Waals surface area contributed by atoms with Crippen molar-refractivity contribution < 1.29 is 14.4 Å². The van der Waals surface area contributed by atoms with Crippen molar-refractivity contribution in [2.75, 3.05) is 0 Å². The van der Waals surface area contributed by atoms with Gasteiger partial charge in [0.1, 0.15) is 17.6 Å². The van der Waals surface area contributed by atoms with Crippen LogP contribution >= 0.6 is 11.7 Å².